The molecule has 0 aliphatic carbocycles. The standard InChI is InChI=1S/C21H16ClN7/c1-12(28-21-19-20(25-10-24-19)26-11-27-21)16-8-13-4-2-6-15(22)17(13)18(29-16)14-5-3-7-23-9-14/h2-12H,1H3,(H2,24,25,26,27,28). The second kappa shape index (κ2) is 7.10. The number of benzene rings is 1. The van der Waals surface area contributed by atoms with Crippen LogP contribution in [0.15, 0.2) is 61.4 Å². The van der Waals surface area contributed by atoms with Crippen molar-refractivity contribution >= 4 is 39.4 Å². The predicted octanol–water partition coefficient (Wildman–Crippen LogP) is 4.79. The molecule has 1 aromatic carbocycles. The third-order valence-corrected chi connectivity index (χ3v) is 5.10. The van der Waals surface area contributed by atoms with Crippen LogP contribution in [0.2, 0.25) is 5.02 Å². The van der Waals surface area contributed by atoms with Gasteiger partial charge in [-0.1, -0.05) is 23.7 Å². The van der Waals surface area contributed by atoms with Gasteiger partial charge in [0, 0.05) is 23.3 Å². The van der Waals surface area contributed by atoms with Crippen molar-refractivity contribution in [2.24, 2.45) is 0 Å². The van der Waals surface area contributed by atoms with Gasteiger partial charge in [-0.25, -0.2) is 19.9 Å². The molecule has 7 nitrogen and oxygen atoms in total. The Morgan fingerprint density at radius 3 is 2.90 bits per heavy atom. The maximum Gasteiger partial charge on any atom is 0.182 e. The highest BCUT2D eigenvalue weighted by Gasteiger charge is 2.16. The van der Waals surface area contributed by atoms with Crippen molar-refractivity contribution in [3.8, 4) is 11.3 Å². The molecule has 0 aliphatic heterocycles. The first-order chi connectivity index (χ1) is 14.2. The van der Waals surface area contributed by atoms with Gasteiger partial charge >= 0.3 is 0 Å². The molecule has 1 unspecified atom stereocenters. The van der Waals surface area contributed by atoms with E-state index >= 15 is 0 Å². The first-order valence-electron chi connectivity index (χ1n) is 9.11. The van der Waals surface area contributed by atoms with Crippen molar-refractivity contribution in [2.45, 2.75) is 13.0 Å². The smallest absolute Gasteiger partial charge is 0.182 e. The Morgan fingerprint density at radius 2 is 2.03 bits per heavy atom. The number of aromatic nitrogens is 6. The van der Waals surface area contributed by atoms with E-state index in [1.165, 1.54) is 6.33 Å². The minimum absolute atomic E-state index is 0.116. The molecule has 0 saturated carbocycles. The third kappa shape index (κ3) is 3.15. The number of rotatable bonds is 4. The summed E-state index contributed by atoms with van der Waals surface area (Å²) in [6.07, 6.45) is 6.64. The van der Waals surface area contributed by atoms with E-state index < -0.39 is 0 Å². The SMILES string of the molecule is CC(Nc1ncnc2nc[nH]c12)c1cc2cccc(Cl)c2c(-c2cccnc2)n1. The van der Waals surface area contributed by atoms with Crippen LogP contribution in [0.5, 0.6) is 0 Å². The normalized spacial score (nSPS) is 12.3. The number of nitrogens with zero attached hydrogens (tertiary/aromatic N) is 5. The molecule has 5 aromatic rings. The number of nitrogens with one attached hydrogen (secondary N) is 2. The molecule has 2 N–H and O–H groups in total. The molecule has 1 atom stereocenters. The van der Waals surface area contributed by atoms with Crippen molar-refractivity contribution in [3.05, 3.63) is 72.2 Å². The van der Waals surface area contributed by atoms with Gasteiger partial charge in [-0.3, -0.25) is 4.98 Å². The molecular formula is C21H16ClN7. The fourth-order valence-electron chi connectivity index (χ4n) is 3.37. The van der Waals surface area contributed by atoms with Crippen LogP contribution >= 0.6 is 11.6 Å². The zero-order valence-corrected chi connectivity index (χ0v) is 16.2. The second-order valence-electron chi connectivity index (χ2n) is 6.66. The van der Waals surface area contributed by atoms with Crippen molar-refractivity contribution in [2.75, 3.05) is 5.32 Å². The average molecular weight is 402 g/mol. The molecule has 0 amide bonds. The minimum Gasteiger partial charge on any atom is -0.360 e. The summed E-state index contributed by atoms with van der Waals surface area (Å²) in [5.41, 5.74) is 3.96. The van der Waals surface area contributed by atoms with Gasteiger partial charge in [0.2, 0.25) is 0 Å². The average Bonchev–Trinajstić information content (AvgIpc) is 3.24. The molecule has 5 rings (SSSR count). The lowest BCUT2D eigenvalue weighted by Gasteiger charge is -2.17. The van der Waals surface area contributed by atoms with Crippen molar-refractivity contribution < 1.29 is 0 Å². The van der Waals surface area contributed by atoms with E-state index in [0.29, 0.717) is 16.5 Å². The van der Waals surface area contributed by atoms with Gasteiger partial charge in [-0.2, -0.15) is 0 Å². The Labute approximate surface area is 171 Å². The summed E-state index contributed by atoms with van der Waals surface area (Å²) >= 11 is 6.52. The highest BCUT2D eigenvalue weighted by atomic mass is 35.5. The first-order valence-corrected chi connectivity index (χ1v) is 9.48. The maximum atomic E-state index is 6.52. The molecule has 0 spiro atoms. The Morgan fingerprint density at radius 1 is 1.10 bits per heavy atom. The topological polar surface area (TPSA) is 92.3 Å². The van der Waals surface area contributed by atoms with Crippen molar-refractivity contribution in [1.82, 2.24) is 29.9 Å². The molecule has 0 bridgehead atoms. The van der Waals surface area contributed by atoms with Crippen LogP contribution in [0, 0.1) is 0 Å². The Balaban J connectivity index is 1.62. The summed E-state index contributed by atoms with van der Waals surface area (Å²) in [6.45, 7) is 2.04. The van der Waals surface area contributed by atoms with E-state index in [1.807, 2.05) is 43.3 Å². The van der Waals surface area contributed by atoms with Crippen molar-refractivity contribution in [3.63, 3.8) is 0 Å². The Kier molecular flexibility index (Phi) is 4.29. The number of pyridine rings is 2. The molecule has 142 valence electrons. The zero-order valence-electron chi connectivity index (χ0n) is 15.5. The van der Waals surface area contributed by atoms with Crippen LogP contribution < -0.4 is 5.32 Å². The summed E-state index contributed by atoms with van der Waals surface area (Å²) in [6, 6.07) is 11.7. The molecule has 0 radical (unpaired) electrons. The molecule has 29 heavy (non-hydrogen) atoms. The lowest BCUT2D eigenvalue weighted by Crippen LogP contribution is -2.11. The van der Waals surface area contributed by atoms with Gasteiger partial charge in [0.15, 0.2) is 11.5 Å². The number of halogens is 1. The quantitative estimate of drug-likeness (QED) is 0.449. The third-order valence-electron chi connectivity index (χ3n) is 4.78. The van der Waals surface area contributed by atoms with Crippen LogP contribution in [0.1, 0.15) is 18.7 Å². The first kappa shape index (κ1) is 17.5. The fraction of sp³-hybridized carbons (Fsp3) is 0.0952. The van der Waals surface area contributed by atoms with E-state index in [9.17, 15) is 0 Å². The minimum atomic E-state index is -0.116. The number of fused-ring (bicyclic) bond motifs is 2. The lowest BCUT2D eigenvalue weighted by molar-refractivity contribution is 0.837. The maximum absolute atomic E-state index is 6.52. The summed E-state index contributed by atoms with van der Waals surface area (Å²) in [4.78, 5) is 24.9. The number of hydrogen-bond acceptors (Lipinski definition) is 6. The number of imidazole rings is 1. The highest BCUT2D eigenvalue weighted by Crippen LogP contribution is 2.34. The van der Waals surface area contributed by atoms with Crippen LogP contribution in [-0.2, 0) is 0 Å². The lowest BCUT2D eigenvalue weighted by atomic mass is 10.0. The number of hydrogen-bond donors (Lipinski definition) is 2. The highest BCUT2D eigenvalue weighted by molar-refractivity contribution is 6.36. The van der Waals surface area contributed by atoms with E-state index in [4.69, 9.17) is 16.6 Å². The predicted molar refractivity (Wildman–Crippen MR) is 114 cm³/mol. The monoisotopic (exact) mass is 401 g/mol. The number of H-pyrrole nitrogens is 1. The molecule has 4 aromatic heterocycles. The molecular weight excluding hydrogens is 386 g/mol. The largest absolute Gasteiger partial charge is 0.360 e. The molecule has 0 fully saturated rings. The van der Waals surface area contributed by atoms with Crippen molar-refractivity contribution in [1.29, 1.82) is 0 Å². The molecule has 4 heterocycles. The summed E-state index contributed by atoms with van der Waals surface area (Å²) < 4.78 is 0. The van der Waals surface area contributed by atoms with Gasteiger partial charge in [0.05, 0.1) is 28.8 Å². The molecule has 8 heteroatoms. The summed E-state index contributed by atoms with van der Waals surface area (Å²) in [5, 5.41) is 6.01. The molecule has 0 saturated heterocycles. The van der Waals surface area contributed by atoms with Gasteiger partial charge in [0.25, 0.3) is 0 Å². The van der Waals surface area contributed by atoms with E-state index in [0.717, 1.165) is 33.2 Å². The van der Waals surface area contributed by atoms with Crippen LogP contribution in [0.25, 0.3) is 33.2 Å². The molecule has 0 aliphatic rings. The Hall–Kier alpha value is -3.58. The number of aromatic amines is 1. The second-order valence-corrected chi connectivity index (χ2v) is 7.07. The number of anilines is 1. The van der Waals surface area contributed by atoms with Crippen LogP contribution in [0.4, 0.5) is 5.82 Å². The van der Waals surface area contributed by atoms with E-state index in [1.54, 1.807) is 18.7 Å². The van der Waals surface area contributed by atoms with Gasteiger partial charge in [-0.05, 0) is 36.6 Å². The summed E-state index contributed by atoms with van der Waals surface area (Å²) in [5.74, 6) is 0.677. The van der Waals surface area contributed by atoms with Crippen LogP contribution in [-0.4, -0.2) is 29.9 Å². The van der Waals surface area contributed by atoms with Gasteiger partial charge < -0.3 is 10.3 Å². The van der Waals surface area contributed by atoms with Crippen LogP contribution in [0.3, 0.4) is 0 Å². The fourth-order valence-corrected chi connectivity index (χ4v) is 3.65. The Bertz CT molecular complexity index is 1320. The summed E-state index contributed by atoms with van der Waals surface area (Å²) in [7, 11) is 0. The van der Waals surface area contributed by atoms with E-state index in [2.05, 4.69) is 30.2 Å². The zero-order chi connectivity index (χ0) is 19.8. The van der Waals surface area contributed by atoms with Gasteiger partial charge in [0.1, 0.15) is 11.8 Å². The van der Waals surface area contributed by atoms with E-state index in [-0.39, 0.29) is 6.04 Å². The van der Waals surface area contributed by atoms with Gasteiger partial charge in [-0.15, -0.1) is 0 Å².